The van der Waals surface area contributed by atoms with Gasteiger partial charge in [0.25, 0.3) is 0 Å². The fourth-order valence-electron chi connectivity index (χ4n) is 2.52. The number of thioether (sulfide) groups is 1. The quantitative estimate of drug-likeness (QED) is 0.436. The molecule has 0 aliphatic rings. The number of rotatable bonds is 6. The molecule has 0 radical (unpaired) electrons. The first-order chi connectivity index (χ1) is 14.0. The molecular formula is C18H13F3N6OS. The van der Waals surface area contributed by atoms with Gasteiger partial charge >= 0.3 is 6.18 Å². The summed E-state index contributed by atoms with van der Waals surface area (Å²) in [6.45, 7) is 0.525. The van der Waals surface area contributed by atoms with Crippen molar-refractivity contribution in [1.29, 1.82) is 0 Å². The molecular weight excluding hydrogens is 405 g/mol. The third-order valence-electron chi connectivity index (χ3n) is 3.94. The maximum Gasteiger partial charge on any atom is 0.416 e. The molecule has 0 amide bonds. The second-order valence-corrected chi connectivity index (χ2v) is 6.92. The Balaban J connectivity index is 1.41. The zero-order valence-corrected chi connectivity index (χ0v) is 15.6. The van der Waals surface area contributed by atoms with Crippen LogP contribution in [0.4, 0.5) is 13.2 Å². The first-order valence-electron chi connectivity index (χ1n) is 8.42. The highest BCUT2D eigenvalue weighted by atomic mass is 32.2. The van der Waals surface area contributed by atoms with Crippen LogP contribution in [0.3, 0.4) is 0 Å². The van der Waals surface area contributed by atoms with Gasteiger partial charge in [-0.15, -0.1) is 5.10 Å². The van der Waals surface area contributed by atoms with E-state index in [0.29, 0.717) is 28.9 Å². The van der Waals surface area contributed by atoms with Gasteiger partial charge in [-0.05, 0) is 28.1 Å². The summed E-state index contributed by atoms with van der Waals surface area (Å²) in [5.41, 5.74) is 0.765. The molecule has 0 bridgehead atoms. The van der Waals surface area contributed by atoms with E-state index in [1.807, 2.05) is 30.3 Å². The predicted molar refractivity (Wildman–Crippen MR) is 97.7 cm³/mol. The normalized spacial score (nSPS) is 11.7. The van der Waals surface area contributed by atoms with Gasteiger partial charge in [0.15, 0.2) is 0 Å². The number of halogens is 3. The van der Waals surface area contributed by atoms with Crippen molar-refractivity contribution in [2.45, 2.75) is 23.6 Å². The fraction of sp³-hybridized carbons (Fsp3) is 0.167. The first-order valence-corrected chi connectivity index (χ1v) is 9.41. The molecule has 148 valence electrons. The van der Waals surface area contributed by atoms with Crippen molar-refractivity contribution in [2.75, 3.05) is 0 Å². The maximum atomic E-state index is 12.7. The predicted octanol–water partition coefficient (Wildman–Crippen LogP) is 4.08. The molecule has 0 aliphatic heterocycles. The lowest BCUT2D eigenvalue weighted by Crippen LogP contribution is -2.04. The maximum absolute atomic E-state index is 12.7. The van der Waals surface area contributed by atoms with Gasteiger partial charge < -0.3 is 4.52 Å². The summed E-state index contributed by atoms with van der Waals surface area (Å²) in [7, 11) is 0. The van der Waals surface area contributed by atoms with E-state index in [2.05, 4.69) is 25.7 Å². The smallest absolute Gasteiger partial charge is 0.338 e. The largest absolute Gasteiger partial charge is 0.416 e. The summed E-state index contributed by atoms with van der Waals surface area (Å²) < 4.78 is 44.8. The number of aromatic nitrogens is 6. The van der Waals surface area contributed by atoms with Crippen LogP contribution in [0, 0.1) is 0 Å². The number of hydrogen-bond acceptors (Lipinski definition) is 7. The Morgan fingerprint density at radius 3 is 2.48 bits per heavy atom. The summed E-state index contributed by atoms with van der Waals surface area (Å²) in [5.74, 6) is 0.861. The lowest BCUT2D eigenvalue weighted by molar-refractivity contribution is -0.137. The summed E-state index contributed by atoms with van der Waals surface area (Å²) in [6, 6.07) is 14.4. The summed E-state index contributed by atoms with van der Waals surface area (Å²) in [6.07, 6.45) is -4.39. The molecule has 11 heteroatoms. The minimum absolute atomic E-state index is 0.221. The molecule has 4 rings (SSSR count). The van der Waals surface area contributed by atoms with E-state index in [4.69, 9.17) is 4.52 Å². The molecule has 7 nitrogen and oxygen atoms in total. The molecule has 0 atom stereocenters. The summed E-state index contributed by atoms with van der Waals surface area (Å²) in [4.78, 5) is 4.23. The topological polar surface area (TPSA) is 82.5 Å². The molecule has 4 aromatic rings. The van der Waals surface area contributed by atoms with Gasteiger partial charge in [0, 0.05) is 5.56 Å². The molecule has 0 saturated carbocycles. The van der Waals surface area contributed by atoms with E-state index in [-0.39, 0.29) is 5.82 Å². The zero-order valence-electron chi connectivity index (χ0n) is 14.7. The van der Waals surface area contributed by atoms with Gasteiger partial charge in [0.05, 0.1) is 17.9 Å². The second-order valence-electron chi connectivity index (χ2n) is 5.98. The van der Waals surface area contributed by atoms with E-state index in [0.717, 1.165) is 17.7 Å². The standard InChI is InChI=1S/C18H13F3N6OS/c19-18(20,21)14-8-6-13(7-9-14)16-22-15(28-24-16)11-29-17-23-25-26-27(17)10-12-4-2-1-3-5-12/h1-9H,10-11H2. The average Bonchev–Trinajstić information content (AvgIpc) is 3.36. The zero-order chi connectivity index (χ0) is 20.3. The van der Waals surface area contributed by atoms with E-state index < -0.39 is 11.7 Å². The highest BCUT2D eigenvalue weighted by molar-refractivity contribution is 7.98. The molecule has 29 heavy (non-hydrogen) atoms. The SMILES string of the molecule is FC(F)(F)c1ccc(-c2noc(CSc3nnnn3Cc3ccccc3)n2)cc1. The minimum atomic E-state index is -4.39. The number of hydrogen-bond donors (Lipinski definition) is 0. The van der Waals surface area contributed by atoms with Gasteiger partial charge in [-0.25, -0.2) is 4.68 Å². The van der Waals surface area contributed by atoms with Gasteiger partial charge in [-0.3, -0.25) is 0 Å². The van der Waals surface area contributed by atoms with Crippen LogP contribution in [0.15, 0.2) is 64.3 Å². The van der Waals surface area contributed by atoms with Crippen LogP contribution in [0.1, 0.15) is 17.0 Å². The minimum Gasteiger partial charge on any atom is -0.338 e. The van der Waals surface area contributed by atoms with Crippen molar-refractivity contribution < 1.29 is 17.7 Å². The highest BCUT2D eigenvalue weighted by Gasteiger charge is 2.30. The fourth-order valence-corrected chi connectivity index (χ4v) is 3.23. The number of alkyl halides is 3. The van der Waals surface area contributed by atoms with Crippen LogP contribution in [0.5, 0.6) is 0 Å². The summed E-state index contributed by atoms with van der Waals surface area (Å²) >= 11 is 1.32. The average molecular weight is 418 g/mol. The van der Waals surface area contributed by atoms with Gasteiger partial charge in [-0.1, -0.05) is 59.4 Å². The number of nitrogens with zero attached hydrogens (tertiary/aromatic N) is 6. The molecule has 0 N–H and O–H groups in total. The van der Waals surface area contributed by atoms with Crippen molar-refractivity contribution in [3.8, 4) is 11.4 Å². The van der Waals surface area contributed by atoms with E-state index >= 15 is 0 Å². The van der Waals surface area contributed by atoms with Gasteiger partial charge in [0.2, 0.25) is 16.9 Å². The Labute approximate surface area is 166 Å². The highest BCUT2D eigenvalue weighted by Crippen LogP contribution is 2.30. The Bertz CT molecular complexity index is 1080. The molecule has 2 heterocycles. The van der Waals surface area contributed by atoms with Crippen molar-refractivity contribution in [3.05, 3.63) is 71.6 Å². The van der Waals surface area contributed by atoms with Gasteiger partial charge in [-0.2, -0.15) is 18.2 Å². The lowest BCUT2D eigenvalue weighted by Gasteiger charge is -2.05. The van der Waals surface area contributed by atoms with Crippen LogP contribution in [0.25, 0.3) is 11.4 Å². The Morgan fingerprint density at radius 2 is 1.76 bits per heavy atom. The number of benzene rings is 2. The van der Waals surface area contributed by atoms with Crippen LogP contribution in [-0.4, -0.2) is 30.3 Å². The monoisotopic (exact) mass is 418 g/mol. The second kappa shape index (κ2) is 8.03. The van der Waals surface area contributed by atoms with Crippen LogP contribution >= 0.6 is 11.8 Å². The lowest BCUT2D eigenvalue weighted by atomic mass is 10.1. The third-order valence-corrected chi connectivity index (χ3v) is 4.88. The Hall–Kier alpha value is -3.21. The molecule has 2 aromatic heterocycles. The third kappa shape index (κ3) is 4.62. The molecule has 0 spiro atoms. The molecule has 0 unspecified atom stereocenters. The number of tetrazole rings is 1. The molecule has 0 aliphatic carbocycles. The molecule has 2 aromatic carbocycles. The van der Waals surface area contributed by atoms with E-state index in [1.165, 1.54) is 23.9 Å². The Kier molecular flexibility index (Phi) is 5.30. The van der Waals surface area contributed by atoms with Crippen molar-refractivity contribution >= 4 is 11.8 Å². The molecule has 0 fully saturated rings. The van der Waals surface area contributed by atoms with E-state index in [9.17, 15) is 13.2 Å². The van der Waals surface area contributed by atoms with Crippen LogP contribution in [-0.2, 0) is 18.5 Å². The van der Waals surface area contributed by atoms with Crippen molar-refractivity contribution in [1.82, 2.24) is 30.3 Å². The van der Waals surface area contributed by atoms with Crippen molar-refractivity contribution in [3.63, 3.8) is 0 Å². The van der Waals surface area contributed by atoms with E-state index in [1.54, 1.807) is 4.68 Å². The van der Waals surface area contributed by atoms with Crippen molar-refractivity contribution in [2.24, 2.45) is 0 Å². The summed E-state index contributed by atoms with van der Waals surface area (Å²) in [5, 5.41) is 16.1. The Morgan fingerprint density at radius 1 is 1.00 bits per heavy atom. The molecule has 0 saturated heterocycles. The van der Waals surface area contributed by atoms with Crippen LogP contribution < -0.4 is 0 Å². The van der Waals surface area contributed by atoms with Crippen LogP contribution in [0.2, 0.25) is 0 Å². The van der Waals surface area contributed by atoms with Gasteiger partial charge in [0.1, 0.15) is 0 Å². The first kappa shape index (κ1) is 19.1.